The predicted octanol–water partition coefficient (Wildman–Crippen LogP) is 3.39. The highest BCUT2D eigenvalue weighted by Crippen LogP contribution is 2.44. The summed E-state index contributed by atoms with van der Waals surface area (Å²) in [5.74, 6) is 1.32. The number of benzene rings is 1. The summed E-state index contributed by atoms with van der Waals surface area (Å²) in [6.07, 6.45) is 6.56. The molecule has 4 heteroatoms. The van der Waals surface area contributed by atoms with E-state index in [4.69, 9.17) is 9.47 Å². The van der Waals surface area contributed by atoms with Gasteiger partial charge in [0, 0.05) is 5.56 Å². The molecule has 0 radical (unpaired) electrons. The van der Waals surface area contributed by atoms with Crippen molar-refractivity contribution in [1.82, 2.24) is 0 Å². The smallest absolute Gasteiger partial charge is 0.143 e. The molecule has 98 valence electrons. The van der Waals surface area contributed by atoms with Crippen molar-refractivity contribution in [2.75, 3.05) is 14.2 Å². The maximum Gasteiger partial charge on any atom is 0.143 e. The van der Waals surface area contributed by atoms with Crippen LogP contribution in [0.5, 0.6) is 11.5 Å². The lowest BCUT2D eigenvalue weighted by Crippen LogP contribution is -2.25. The fourth-order valence-corrected chi connectivity index (χ4v) is 2.98. The molecule has 1 atom stereocenters. The zero-order valence-corrected chi connectivity index (χ0v) is 12.2. The average molecular weight is 313 g/mol. The molecule has 0 aliphatic heterocycles. The molecule has 1 N–H and O–H groups in total. The minimum absolute atomic E-state index is 0.628. The molecule has 1 aromatic carbocycles. The van der Waals surface area contributed by atoms with Gasteiger partial charge >= 0.3 is 0 Å². The van der Waals surface area contributed by atoms with Crippen molar-refractivity contribution in [3.8, 4) is 11.5 Å². The highest BCUT2D eigenvalue weighted by molar-refractivity contribution is 9.10. The van der Waals surface area contributed by atoms with Crippen LogP contribution in [-0.2, 0) is 5.60 Å². The highest BCUT2D eigenvalue weighted by Gasteiger charge is 2.32. The summed E-state index contributed by atoms with van der Waals surface area (Å²) in [5.41, 5.74) is -0.174. The minimum atomic E-state index is -0.946. The monoisotopic (exact) mass is 312 g/mol. The van der Waals surface area contributed by atoms with Crippen LogP contribution in [0.1, 0.15) is 24.8 Å². The third-order valence-corrected chi connectivity index (χ3v) is 4.03. The average Bonchev–Trinajstić information content (AvgIpc) is 2.39. The molecule has 18 heavy (non-hydrogen) atoms. The zero-order valence-electron chi connectivity index (χ0n) is 10.6. The van der Waals surface area contributed by atoms with E-state index in [1.54, 1.807) is 14.2 Å². The largest absolute Gasteiger partial charge is 0.495 e. The van der Waals surface area contributed by atoms with Crippen LogP contribution in [0.4, 0.5) is 0 Å². The Balaban J connectivity index is 2.54. The first-order chi connectivity index (χ1) is 8.62. The molecular formula is C14H17BrO3. The summed E-state index contributed by atoms with van der Waals surface area (Å²) in [7, 11) is 3.20. The minimum Gasteiger partial charge on any atom is -0.495 e. The zero-order chi connectivity index (χ0) is 13.2. The first-order valence-electron chi connectivity index (χ1n) is 5.93. The summed E-state index contributed by atoms with van der Waals surface area (Å²) < 4.78 is 11.4. The number of aliphatic hydroxyl groups is 1. The van der Waals surface area contributed by atoms with E-state index < -0.39 is 5.60 Å². The number of methoxy groups -OCH3 is 2. The van der Waals surface area contributed by atoms with Gasteiger partial charge in [-0.1, -0.05) is 12.2 Å². The van der Waals surface area contributed by atoms with Gasteiger partial charge in [-0.05, 0) is 47.3 Å². The Kier molecular flexibility index (Phi) is 3.97. The van der Waals surface area contributed by atoms with Gasteiger partial charge in [0.2, 0.25) is 0 Å². The second kappa shape index (κ2) is 5.33. The van der Waals surface area contributed by atoms with Crippen LogP contribution in [0.2, 0.25) is 0 Å². The van der Waals surface area contributed by atoms with Gasteiger partial charge in [-0.15, -0.1) is 0 Å². The van der Waals surface area contributed by atoms with Crippen LogP contribution in [0.3, 0.4) is 0 Å². The van der Waals surface area contributed by atoms with Crippen LogP contribution >= 0.6 is 15.9 Å². The number of allylic oxidation sites excluding steroid dienone is 1. The van der Waals surface area contributed by atoms with Gasteiger partial charge in [-0.3, -0.25) is 0 Å². The normalized spacial score (nSPS) is 22.9. The van der Waals surface area contributed by atoms with Gasteiger partial charge < -0.3 is 14.6 Å². The van der Waals surface area contributed by atoms with Gasteiger partial charge in [-0.2, -0.15) is 0 Å². The number of ether oxygens (including phenoxy) is 2. The van der Waals surface area contributed by atoms with Crippen LogP contribution in [0.15, 0.2) is 28.8 Å². The molecule has 0 aromatic heterocycles. The van der Waals surface area contributed by atoms with Crippen molar-refractivity contribution >= 4 is 15.9 Å². The van der Waals surface area contributed by atoms with E-state index in [0.29, 0.717) is 17.9 Å². The van der Waals surface area contributed by atoms with Gasteiger partial charge in [0.05, 0.1) is 14.2 Å². The van der Waals surface area contributed by atoms with Crippen LogP contribution in [0.25, 0.3) is 0 Å². The fourth-order valence-electron chi connectivity index (χ4n) is 2.31. The van der Waals surface area contributed by atoms with E-state index in [1.165, 1.54) is 0 Å². The molecule has 0 saturated heterocycles. The number of hydrogen-bond donors (Lipinski definition) is 1. The molecule has 1 aliphatic carbocycles. The second-order valence-electron chi connectivity index (χ2n) is 4.38. The van der Waals surface area contributed by atoms with Crippen LogP contribution < -0.4 is 9.47 Å². The third-order valence-electron chi connectivity index (χ3n) is 3.27. The van der Waals surface area contributed by atoms with Crippen molar-refractivity contribution in [3.05, 3.63) is 34.3 Å². The molecule has 1 aliphatic rings. The Hall–Kier alpha value is -1.00. The van der Waals surface area contributed by atoms with E-state index in [0.717, 1.165) is 22.9 Å². The van der Waals surface area contributed by atoms with E-state index in [2.05, 4.69) is 15.9 Å². The van der Waals surface area contributed by atoms with Crippen molar-refractivity contribution < 1.29 is 14.6 Å². The van der Waals surface area contributed by atoms with Crippen molar-refractivity contribution in [1.29, 1.82) is 0 Å². The Morgan fingerprint density at radius 1 is 1.28 bits per heavy atom. The van der Waals surface area contributed by atoms with Gasteiger partial charge in [-0.25, -0.2) is 0 Å². The second-order valence-corrected chi connectivity index (χ2v) is 5.17. The van der Waals surface area contributed by atoms with Crippen LogP contribution in [-0.4, -0.2) is 19.3 Å². The molecule has 0 amide bonds. The molecule has 1 unspecified atom stereocenters. The molecule has 0 bridgehead atoms. The molecule has 0 saturated carbocycles. The van der Waals surface area contributed by atoms with Gasteiger partial charge in [0.25, 0.3) is 0 Å². The van der Waals surface area contributed by atoms with Crippen molar-refractivity contribution in [2.45, 2.75) is 24.9 Å². The Labute approximate surface area is 116 Å². The lowest BCUT2D eigenvalue weighted by molar-refractivity contribution is 0.0696. The van der Waals surface area contributed by atoms with Crippen molar-refractivity contribution in [3.63, 3.8) is 0 Å². The third kappa shape index (κ3) is 2.27. The molecule has 3 nitrogen and oxygen atoms in total. The molecular weight excluding hydrogens is 296 g/mol. The molecule has 0 fully saturated rings. The van der Waals surface area contributed by atoms with Gasteiger partial charge in [0.15, 0.2) is 0 Å². The molecule has 0 spiro atoms. The van der Waals surface area contributed by atoms with Crippen LogP contribution in [0, 0.1) is 0 Å². The van der Waals surface area contributed by atoms with E-state index in [9.17, 15) is 5.11 Å². The fraction of sp³-hybridized carbons (Fsp3) is 0.429. The number of halogens is 1. The first-order valence-corrected chi connectivity index (χ1v) is 6.72. The van der Waals surface area contributed by atoms with Crippen molar-refractivity contribution in [2.24, 2.45) is 0 Å². The maximum absolute atomic E-state index is 10.7. The summed E-state index contributed by atoms with van der Waals surface area (Å²) in [5, 5.41) is 10.7. The van der Waals surface area contributed by atoms with E-state index in [1.807, 2.05) is 24.3 Å². The number of hydrogen-bond acceptors (Lipinski definition) is 3. The standard InChI is InChI=1S/C14H17BrO3/c1-17-11-7-6-10(13(18-2)12(11)15)14(16)8-4-3-5-9-14/h4,6-8,16H,3,5,9H2,1-2H3. The highest BCUT2D eigenvalue weighted by atomic mass is 79.9. The lowest BCUT2D eigenvalue weighted by Gasteiger charge is -2.30. The Bertz CT molecular complexity index is 470. The number of rotatable bonds is 3. The summed E-state index contributed by atoms with van der Waals surface area (Å²) in [4.78, 5) is 0. The quantitative estimate of drug-likeness (QED) is 0.869. The Morgan fingerprint density at radius 2 is 2.06 bits per heavy atom. The maximum atomic E-state index is 10.7. The molecule has 1 aromatic rings. The van der Waals surface area contributed by atoms with E-state index in [-0.39, 0.29) is 0 Å². The summed E-state index contributed by atoms with van der Waals surface area (Å²) >= 11 is 3.46. The first kappa shape index (κ1) is 13.4. The predicted molar refractivity (Wildman–Crippen MR) is 74.1 cm³/mol. The SMILES string of the molecule is COc1ccc(C2(O)C=CCCC2)c(OC)c1Br. The lowest BCUT2D eigenvalue weighted by atomic mass is 9.84. The molecule has 2 rings (SSSR count). The Morgan fingerprint density at radius 3 is 2.61 bits per heavy atom. The van der Waals surface area contributed by atoms with E-state index >= 15 is 0 Å². The van der Waals surface area contributed by atoms with Gasteiger partial charge in [0.1, 0.15) is 21.6 Å². The topological polar surface area (TPSA) is 38.7 Å². The summed E-state index contributed by atoms with van der Waals surface area (Å²) in [6.45, 7) is 0. The summed E-state index contributed by atoms with van der Waals surface area (Å²) in [6, 6.07) is 3.69. The molecule has 0 heterocycles.